The zero-order chi connectivity index (χ0) is 19.8. The van der Waals surface area contributed by atoms with Gasteiger partial charge in [0.2, 0.25) is 0 Å². The minimum absolute atomic E-state index is 0.382. The van der Waals surface area contributed by atoms with Gasteiger partial charge in [0.05, 0.1) is 0 Å². The van der Waals surface area contributed by atoms with Gasteiger partial charge in [-0.05, 0) is 70.8 Å². The van der Waals surface area contributed by atoms with Crippen LogP contribution < -0.4 is 0 Å². The normalized spacial score (nSPS) is 10.7. The molecular formula is C24H12N4O. The summed E-state index contributed by atoms with van der Waals surface area (Å²) in [5.74, 6) is 0. The van der Waals surface area contributed by atoms with Crippen LogP contribution in [0.1, 0.15) is 11.4 Å². The van der Waals surface area contributed by atoms with E-state index < -0.39 is 0 Å². The molecule has 0 radical (unpaired) electrons. The average Bonchev–Trinajstić information content (AvgIpc) is 3.16. The van der Waals surface area contributed by atoms with Crippen molar-refractivity contribution >= 4 is 21.9 Å². The third-order valence-electron chi connectivity index (χ3n) is 4.88. The third-order valence-corrected chi connectivity index (χ3v) is 4.88. The van der Waals surface area contributed by atoms with Crippen LogP contribution in [-0.4, -0.2) is 9.97 Å². The smallest absolute Gasteiger partial charge is 0.141 e. The van der Waals surface area contributed by atoms with E-state index in [-0.39, 0.29) is 0 Å². The van der Waals surface area contributed by atoms with Crippen molar-refractivity contribution in [2.45, 2.75) is 0 Å². The van der Waals surface area contributed by atoms with Gasteiger partial charge in [0, 0.05) is 23.2 Å². The highest BCUT2D eigenvalue weighted by atomic mass is 16.3. The van der Waals surface area contributed by atoms with E-state index in [0.29, 0.717) is 11.4 Å². The Balaban J connectivity index is 1.69. The number of aromatic nitrogens is 2. The molecule has 3 heterocycles. The maximum absolute atomic E-state index is 9.11. The number of furan rings is 1. The minimum atomic E-state index is 0.382. The highest BCUT2D eigenvalue weighted by molar-refractivity contribution is 6.07. The molecule has 0 aliphatic rings. The van der Waals surface area contributed by atoms with Crippen molar-refractivity contribution in [3.8, 4) is 34.4 Å². The summed E-state index contributed by atoms with van der Waals surface area (Å²) in [5, 5.41) is 20.2. The molecule has 0 saturated carbocycles. The van der Waals surface area contributed by atoms with Crippen LogP contribution in [0.4, 0.5) is 0 Å². The Kier molecular flexibility index (Phi) is 3.79. The van der Waals surface area contributed by atoms with Gasteiger partial charge in [-0.25, -0.2) is 9.97 Å². The molecule has 134 valence electrons. The van der Waals surface area contributed by atoms with Gasteiger partial charge in [0.15, 0.2) is 0 Å². The predicted molar refractivity (Wildman–Crippen MR) is 110 cm³/mol. The summed E-state index contributed by atoms with van der Waals surface area (Å²) in [5.41, 5.74) is 6.18. The fourth-order valence-corrected chi connectivity index (χ4v) is 3.48. The Hall–Kier alpha value is -4.48. The molecule has 0 spiro atoms. The van der Waals surface area contributed by atoms with Gasteiger partial charge in [-0.2, -0.15) is 10.5 Å². The van der Waals surface area contributed by atoms with Crippen molar-refractivity contribution in [2.75, 3.05) is 0 Å². The summed E-state index contributed by atoms with van der Waals surface area (Å²) in [4.78, 5) is 8.07. The molecular weight excluding hydrogens is 360 g/mol. The van der Waals surface area contributed by atoms with Crippen LogP contribution in [0.25, 0.3) is 44.2 Å². The highest BCUT2D eigenvalue weighted by Crippen LogP contribution is 2.35. The Morgan fingerprint density at radius 2 is 1.03 bits per heavy atom. The number of hydrogen-bond donors (Lipinski definition) is 0. The van der Waals surface area contributed by atoms with Crippen LogP contribution in [0, 0.1) is 22.7 Å². The first-order valence-electron chi connectivity index (χ1n) is 8.94. The molecule has 0 amide bonds. The van der Waals surface area contributed by atoms with E-state index in [1.54, 1.807) is 24.5 Å². The summed E-state index contributed by atoms with van der Waals surface area (Å²) in [6, 6.07) is 23.4. The zero-order valence-electron chi connectivity index (χ0n) is 15.1. The second-order valence-corrected chi connectivity index (χ2v) is 6.61. The molecule has 5 aromatic rings. The van der Waals surface area contributed by atoms with E-state index in [1.807, 2.05) is 36.4 Å². The molecule has 5 nitrogen and oxygen atoms in total. The van der Waals surface area contributed by atoms with E-state index in [4.69, 9.17) is 14.9 Å². The third kappa shape index (κ3) is 2.88. The predicted octanol–water partition coefficient (Wildman–Crippen LogP) is 5.45. The quantitative estimate of drug-likeness (QED) is 0.411. The van der Waals surface area contributed by atoms with Crippen LogP contribution in [0.2, 0.25) is 0 Å². The van der Waals surface area contributed by atoms with Gasteiger partial charge in [0.25, 0.3) is 0 Å². The monoisotopic (exact) mass is 372 g/mol. The minimum Gasteiger partial charge on any atom is -0.456 e. The zero-order valence-corrected chi connectivity index (χ0v) is 15.1. The number of nitriles is 2. The summed E-state index contributed by atoms with van der Waals surface area (Å²) in [6.45, 7) is 0. The summed E-state index contributed by atoms with van der Waals surface area (Å²) in [6.07, 6.45) is 3.28. The number of nitrogens with zero attached hydrogens (tertiary/aromatic N) is 4. The Morgan fingerprint density at radius 1 is 0.586 bits per heavy atom. The summed E-state index contributed by atoms with van der Waals surface area (Å²) in [7, 11) is 0. The van der Waals surface area contributed by atoms with Crippen molar-refractivity contribution in [3.05, 3.63) is 84.4 Å². The van der Waals surface area contributed by atoms with Crippen LogP contribution in [0.3, 0.4) is 0 Å². The van der Waals surface area contributed by atoms with E-state index in [2.05, 4.69) is 34.2 Å². The van der Waals surface area contributed by atoms with Crippen molar-refractivity contribution in [1.82, 2.24) is 9.97 Å². The Labute approximate surface area is 166 Å². The molecule has 0 bridgehead atoms. The van der Waals surface area contributed by atoms with Crippen molar-refractivity contribution < 1.29 is 4.42 Å². The number of hydrogen-bond acceptors (Lipinski definition) is 5. The lowest BCUT2D eigenvalue weighted by atomic mass is 10.0. The van der Waals surface area contributed by atoms with Crippen LogP contribution in [0.15, 0.2) is 77.5 Å². The SMILES string of the molecule is N#Cc1cc(-c2ccc3oc4ccc(-c5ccnc(C#N)c5)cc4c3c2)ccn1. The van der Waals surface area contributed by atoms with Gasteiger partial charge in [0.1, 0.15) is 34.7 Å². The standard InChI is InChI=1S/C24H12N4O/c25-13-19-9-17(5-7-27-19)15-1-3-23-21(11-15)22-12-16(2-4-24(22)29-23)18-6-8-28-20(10-18)14-26/h1-12H. The molecule has 0 fully saturated rings. The number of fused-ring (bicyclic) bond motifs is 3. The molecule has 5 heteroatoms. The van der Waals surface area contributed by atoms with Gasteiger partial charge in [-0.3, -0.25) is 0 Å². The second kappa shape index (κ2) is 6.60. The van der Waals surface area contributed by atoms with Crippen molar-refractivity contribution in [2.24, 2.45) is 0 Å². The first-order chi connectivity index (χ1) is 14.2. The van der Waals surface area contributed by atoms with Crippen LogP contribution in [0.5, 0.6) is 0 Å². The molecule has 0 unspecified atom stereocenters. The first kappa shape index (κ1) is 16.7. The molecule has 5 rings (SSSR count). The fraction of sp³-hybridized carbons (Fsp3) is 0. The number of rotatable bonds is 2. The topological polar surface area (TPSA) is 86.5 Å². The van der Waals surface area contributed by atoms with Gasteiger partial charge in [-0.1, -0.05) is 12.1 Å². The number of benzene rings is 2. The summed E-state index contributed by atoms with van der Waals surface area (Å²) >= 11 is 0. The molecule has 0 N–H and O–H groups in total. The van der Waals surface area contributed by atoms with E-state index in [0.717, 1.165) is 44.2 Å². The first-order valence-corrected chi connectivity index (χ1v) is 8.94. The molecule has 0 aliphatic heterocycles. The van der Waals surface area contributed by atoms with E-state index >= 15 is 0 Å². The highest BCUT2D eigenvalue weighted by Gasteiger charge is 2.11. The lowest BCUT2D eigenvalue weighted by Crippen LogP contribution is -1.84. The van der Waals surface area contributed by atoms with Crippen LogP contribution >= 0.6 is 0 Å². The molecule has 0 saturated heterocycles. The molecule has 0 aliphatic carbocycles. The molecule has 0 atom stereocenters. The van der Waals surface area contributed by atoms with Gasteiger partial charge >= 0.3 is 0 Å². The Morgan fingerprint density at radius 3 is 1.48 bits per heavy atom. The van der Waals surface area contributed by atoms with E-state index in [9.17, 15) is 0 Å². The fourth-order valence-electron chi connectivity index (χ4n) is 3.48. The Bertz CT molecular complexity index is 1370. The maximum Gasteiger partial charge on any atom is 0.141 e. The lowest BCUT2D eigenvalue weighted by molar-refractivity contribution is 0.669. The molecule has 2 aromatic carbocycles. The molecule has 29 heavy (non-hydrogen) atoms. The average molecular weight is 372 g/mol. The second-order valence-electron chi connectivity index (χ2n) is 6.61. The van der Waals surface area contributed by atoms with Crippen molar-refractivity contribution in [3.63, 3.8) is 0 Å². The largest absolute Gasteiger partial charge is 0.456 e. The molecule has 3 aromatic heterocycles. The summed E-state index contributed by atoms with van der Waals surface area (Å²) < 4.78 is 5.99. The van der Waals surface area contributed by atoms with Crippen LogP contribution in [-0.2, 0) is 0 Å². The van der Waals surface area contributed by atoms with E-state index in [1.165, 1.54) is 0 Å². The lowest BCUT2D eigenvalue weighted by Gasteiger charge is -2.03. The maximum atomic E-state index is 9.11. The van der Waals surface area contributed by atoms with Gasteiger partial charge in [-0.15, -0.1) is 0 Å². The van der Waals surface area contributed by atoms with Crippen molar-refractivity contribution in [1.29, 1.82) is 10.5 Å². The number of pyridine rings is 2. The van der Waals surface area contributed by atoms with Gasteiger partial charge < -0.3 is 4.42 Å².